The van der Waals surface area contributed by atoms with E-state index in [1.807, 2.05) is 54.6 Å². The number of aliphatic hydroxyl groups excluding tert-OH is 1. The van der Waals surface area contributed by atoms with Gasteiger partial charge in [0, 0.05) is 36.2 Å². The molecular formula is C25H26F2N2O3. The molecule has 0 aromatic heterocycles. The first-order valence-corrected chi connectivity index (χ1v) is 10.2. The Morgan fingerprint density at radius 3 is 2.47 bits per heavy atom. The Morgan fingerprint density at radius 2 is 1.78 bits per heavy atom. The number of rotatable bonds is 10. The second-order valence-corrected chi connectivity index (χ2v) is 7.56. The van der Waals surface area contributed by atoms with Crippen LogP contribution in [0.15, 0.2) is 66.7 Å². The van der Waals surface area contributed by atoms with Gasteiger partial charge >= 0.3 is 0 Å². The average Bonchev–Trinajstić information content (AvgIpc) is 2.78. The number of primary amides is 1. The summed E-state index contributed by atoms with van der Waals surface area (Å²) < 4.78 is 33.9. The SMILES string of the molecule is COc1cccc(CNC[C@H](O)[C@@H](Cc2ccccc2)c2c(F)cc(F)cc2C(N)=O)c1. The summed E-state index contributed by atoms with van der Waals surface area (Å²) in [5, 5.41) is 14.2. The molecule has 3 rings (SSSR count). The summed E-state index contributed by atoms with van der Waals surface area (Å²) in [6.07, 6.45) is -0.829. The largest absolute Gasteiger partial charge is 0.497 e. The molecule has 0 saturated carbocycles. The number of nitrogens with one attached hydrogen (secondary N) is 1. The molecule has 3 aromatic carbocycles. The Balaban J connectivity index is 1.85. The maximum atomic E-state index is 14.9. The van der Waals surface area contributed by atoms with E-state index in [0.717, 1.165) is 17.2 Å². The van der Waals surface area contributed by atoms with Gasteiger partial charge in [-0.05, 0) is 35.7 Å². The van der Waals surface area contributed by atoms with Gasteiger partial charge in [0.15, 0.2) is 0 Å². The summed E-state index contributed by atoms with van der Waals surface area (Å²) in [6, 6.07) is 18.3. The monoisotopic (exact) mass is 440 g/mol. The second-order valence-electron chi connectivity index (χ2n) is 7.56. The zero-order valence-electron chi connectivity index (χ0n) is 17.7. The Hall–Kier alpha value is -3.29. The van der Waals surface area contributed by atoms with E-state index in [-0.39, 0.29) is 24.1 Å². The van der Waals surface area contributed by atoms with Gasteiger partial charge in [-0.2, -0.15) is 0 Å². The van der Waals surface area contributed by atoms with E-state index >= 15 is 0 Å². The van der Waals surface area contributed by atoms with Crippen LogP contribution in [0.1, 0.15) is 33.0 Å². The van der Waals surface area contributed by atoms with Crippen molar-refractivity contribution in [2.24, 2.45) is 5.73 Å². The Labute approximate surface area is 185 Å². The molecule has 0 aliphatic heterocycles. The summed E-state index contributed by atoms with van der Waals surface area (Å²) >= 11 is 0. The van der Waals surface area contributed by atoms with Crippen LogP contribution in [-0.2, 0) is 13.0 Å². The van der Waals surface area contributed by atoms with Gasteiger partial charge in [0.25, 0.3) is 0 Å². The number of ether oxygens (including phenoxy) is 1. The number of aliphatic hydroxyl groups is 1. The molecule has 0 aliphatic carbocycles. The van der Waals surface area contributed by atoms with Crippen molar-refractivity contribution in [3.8, 4) is 5.75 Å². The van der Waals surface area contributed by atoms with Crippen molar-refractivity contribution < 1.29 is 23.4 Å². The fourth-order valence-electron chi connectivity index (χ4n) is 3.75. The maximum Gasteiger partial charge on any atom is 0.249 e. The topological polar surface area (TPSA) is 84.6 Å². The molecule has 168 valence electrons. The summed E-state index contributed by atoms with van der Waals surface area (Å²) in [6.45, 7) is 0.560. The van der Waals surface area contributed by atoms with Crippen molar-refractivity contribution in [3.05, 3.63) is 101 Å². The highest BCUT2D eigenvalue weighted by Gasteiger charge is 2.29. The third-order valence-corrected chi connectivity index (χ3v) is 5.31. The van der Waals surface area contributed by atoms with E-state index in [4.69, 9.17) is 10.5 Å². The van der Waals surface area contributed by atoms with Crippen LogP contribution >= 0.6 is 0 Å². The van der Waals surface area contributed by atoms with E-state index in [1.165, 1.54) is 0 Å². The molecule has 0 radical (unpaired) electrons. The predicted molar refractivity (Wildman–Crippen MR) is 118 cm³/mol. The molecule has 5 nitrogen and oxygen atoms in total. The standard InChI is InChI=1S/C25H26F2N2O3/c1-32-19-9-5-8-17(10-19)14-29-15-23(30)20(11-16-6-3-2-4-7-16)24-21(25(28)31)12-18(26)13-22(24)27/h2-10,12-13,20,23,29-30H,11,14-15H2,1H3,(H2,28,31)/t20-,23+/m1/s1. The Kier molecular flexibility index (Phi) is 7.92. The summed E-state index contributed by atoms with van der Waals surface area (Å²) in [5.41, 5.74) is 6.84. The minimum absolute atomic E-state index is 0.0848. The predicted octanol–water partition coefficient (Wildman–Crippen LogP) is 3.55. The highest BCUT2D eigenvalue weighted by Crippen LogP contribution is 2.31. The van der Waals surface area contributed by atoms with Gasteiger partial charge < -0.3 is 20.9 Å². The van der Waals surface area contributed by atoms with E-state index < -0.39 is 29.6 Å². The lowest BCUT2D eigenvalue weighted by Crippen LogP contribution is -2.34. The number of methoxy groups -OCH3 is 1. The highest BCUT2D eigenvalue weighted by atomic mass is 19.1. The van der Waals surface area contributed by atoms with Crippen molar-refractivity contribution in [2.75, 3.05) is 13.7 Å². The summed E-state index contributed by atoms with van der Waals surface area (Å²) in [7, 11) is 1.58. The van der Waals surface area contributed by atoms with E-state index in [2.05, 4.69) is 5.32 Å². The molecule has 1 amide bonds. The van der Waals surface area contributed by atoms with Crippen LogP contribution in [0.25, 0.3) is 0 Å². The van der Waals surface area contributed by atoms with Gasteiger partial charge in [0.2, 0.25) is 5.91 Å². The van der Waals surface area contributed by atoms with Crippen molar-refractivity contribution in [1.82, 2.24) is 5.32 Å². The fourth-order valence-corrected chi connectivity index (χ4v) is 3.75. The number of carbonyl (C=O) groups is 1. The fraction of sp³-hybridized carbons (Fsp3) is 0.240. The van der Waals surface area contributed by atoms with Crippen molar-refractivity contribution in [2.45, 2.75) is 25.0 Å². The van der Waals surface area contributed by atoms with Crippen LogP contribution in [0.4, 0.5) is 8.78 Å². The molecule has 7 heteroatoms. The number of hydrogen-bond acceptors (Lipinski definition) is 4. The molecule has 0 aliphatic rings. The van der Waals surface area contributed by atoms with Crippen molar-refractivity contribution >= 4 is 5.91 Å². The molecule has 0 unspecified atom stereocenters. The van der Waals surface area contributed by atoms with Crippen molar-refractivity contribution in [1.29, 1.82) is 0 Å². The molecule has 2 atom stereocenters. The van der Waals surface area contributed by atoms with E-state index in [9.17, 15) is 18.7 Å². The minimum Gasteiger partial charge on any atom is -0.497 e. The summed E-state index contributed by atoms with van der Waals surface area (Å²) in [5.74, 6) is -2.87. The van der Waals surface area contributed by atoms with Gasteiger partial charge in [-0.15, -0.1) is 0 Å². The van der Waals surface area contributed by atoms with Crippen LogP contribution < -0.4 is 15.8 Å². The van der Waals surface area contributed by atoms with Gasteiger partial charge in [0.1, 0.15) is 17.4 Å². The van der Waals surface area contributed by atoms with E-state index in [1.54, 1.807) is 7.11 Å². The molecule has 32 heavy (non-hydrogen) atoms. The number of carbonyl (C=O) groups excluding carboxylic acids is 1. The van der Waals surface area contributed by atoms with Crippen LogP contribution in [0.5, 0.6) is 5.75 Å². The molecule has 0 bridgehead atoms. The first kappa shape index (κ1) is 23.4. The Bertz CT molecular complexity index is 1060. The van der Waals surface area contributed by atoms with Crippen molar-refractivity contribution in [3.63, 3.8) is 0 Å². The van der Waals surface area contributed by atoms with Gasteiger partial charge in [-0.25, -0.2) is 8.78 Å². The molecular weight excluding hydrogens is 414 g/mol. The molecule has 4 N–H and O–H groups in total. The smallest absolute Gasteiger partial charge is 0.249 e. The van der Waals surface area contributed by atoms with Crippen LogP contribution in [0, 0.1) is 11.6 Å². The lowest BCUT2D eigenvalue weighted by atomic mass is 9.84. The van der Waals surface area contributed by atoms with Gasteiger partial charge in [-0.3, -0.25) is 4.79 Å². The number of nitrogens with two attached hydrogens (primary N) is 1. The molecule has 0 heterocycles. The first-order valence-electron chi connectivity index (χ1n) is 10.2. The Morgan fingerprint density at radius 1 is 1.06 bits per heavy atom. The van der Waals surface area contributed by atoms with Crippen LogP contribution in [-0.4, -0.2) is 30.8 Å². The van der Waals surface area contributed by atoms with Gasteiger partial charge in [0.05, 0.1) is 13.2 Å². The number of halogens is 2. The zero-order chi connectivity index (χ0) is 23.1. The third kappa shape index (κ3) is 5.90. The zero-order valence-corrected chi connectivity index (χ0v) is 17.7. The lowest BCUT2D eigenvalue weighted by molar-refractivity contribution is 0.0993. The minimum atomic E-state index is -1.07. The van der Waals surface area contributed by atoms with Crippen LogP contribution in [0.2, 0.25) is 0 Å². The van der Waals surface area contributed by atoms with E-state index in [0.29, 0.717) is 18.4 Å². The number of amides is 1. The normalized spacial score (nSPS) is 12.9. The molecule has 0 spiro atoms. The number of hydrogen-bond donors (Lipinski definition) is 3. The molecule has 0 fully saturated rings. The average molecular weight is 440 g/mol. The van der Waals surface area contributed by atoms with Crippen LogP contribution in [0.3, 0.4) is 0 Å². The first-order chi connectivity index (χ1) is 15.4. The maximum absolute atomic E-state index is 14.9. The molecule has 3 aromatic rings. The summed E-state index contributed by atoms with van der Waals surface area (Å²) in [4.78, 5) is 11.9. The lowest BCUT2D eigenvalue weighted by Gasteiger charge is -2.26. The second kappa shape index (κ2) is 10.8. The number of benzene rings is 3. The van der Waals surface area contributed by atoms with Gasteiger partial charge in [-0.1, -0.05) is 42.5 Å². The molecule has 0 saturated heterocycles. The highest BCUT2D eigenvalue weighted by molar-refractivity contribution is 5.94. The quantitative estimate of drug-likeness (QED) is 0.450. The third-order valence-electron chi connectivity index (χ3n) is 5.31.